The lowest BCUT2D eigenvalue weighted by Gasteiger charge is -2.05. The summed E-state index contributed by atoms with van der Waals surface area (Å²) < 4.78 is 9.07. The Labute approximate surface area is 63.8 Å². The van der Waals surface area contributed by atoms with Crippen LogP contribution in [0.1, 0.15) is 6.42 Å². The molecule has 60 valence electrons. The molecule has 0 fully saturated rings. The van der Waals surface area contributed by atoms with Gasteiger partial charge in [0.25, 0.3) is 0 Å². The van der Waals surface area contributed by atoms with Gasteiger partial charge in [0, 0.05) is 6.08 Å². The summed E-state index contributed by atoms with van der Waals surface area (Å²) in [6.45, 7) is 0. The molecule has 4 nitrogen and oxygen atoms in total. The van der Waals surface area contributed by atoms with Gasteiger partial charge >= 0.3 is 11.9 Å². The topological polar surface area (TPSA) is 52.6 Å². The number of esters is 2. The second kappa shape index (κ2) is 3.18. The number of rotatable bonds is 2. The minimum atomic E-state index is -0.435. The predicted molar refractivity (Wildman–Crippen MR) is 35.7 cm³/mol. The van der Waals surface area contributed by atoms with Gasteiger partial charge in [-0.2, -0.15) is 0 Å². The highest BCUT2D eigenvalue weighted by molar-refractivity contribution is 5.85. The van der Waals surface area contributed by atoms with Gasteiger partial charge in [0.1, 0.15) is 6.10 Å². The molecule has 11 heavy (non-hydrogen) atoms. The standard InChI is InChI=1S/C7H8O4/c1-10-7(9)4-5-2-3-6(8)11-5/h2-3,5H,4H2,1H3/t5-/m0/s1. The number of hydrogen-bond acceptors (Lipinski definition) is 4. The average molecular weight is 156 g/mol. The summed E-state index contributed by atoms with van der Waals surface area (Å²) in [6, 6.07) is 0. The van der Waals surface area contributed by atoms with Crippen LogP contribution in [0.5, 0.6) is 0 Å². The minimum absolute atomic E-state index is 0.0960. The summed E-state index contributed by atoms with van der Waals surface area (Å²) in [5.74, 6) is -0.784. The first kappa shape index (κ1) is 7.78. The zero-order valence-corrected chi connectivity index (χ0v) is 6.07. The Morgan fingerprint density at radius 1 is 1.82 bits per heavy atom. The molecule has 0 amide bonds. The number of hydrogen-bond donors (Lipinski definition) is 0. The van der Waals surface area contributed by atoms with Crippen molar-refractivity contribution in [1.82, 2.24) is 0 Å². The van der Waals surface area contributed by atoms with E-state index in [0.717, 1.165) is 0 Å². The van der Waals surface area contributed by atoms with Gasteiger partial charge in [0.05, 0.1) is 13.5 Å². The molecular weight excluding hydrogens is 148 g/mol. The molecule has 1 aliphatic rings. The average Bonchev–Trinajstić information content (AvgIpc) is 2.35. The van der Waals surface area contributed by atoms with Crippen LogP contribution >= 0.6 is 0 Å². The van der Waals surface area contributed by atoms with Crippen LogP contribution < -0.4 is 0 Å². The van der Waals surface area contributed by atoms with Crippen LogP contribution in [0.15, 0.2) is 12.2 Å². The van der Waals surface area contributed by atoms with E-state index in [2.05, 4.69) is 9.47 Å². The Hall–Kier alpha value is -1.32. The van der Waals surface area contributed by atoms with Crippen molar-refractivity contribution in [3.63, 3.8) is 0 Å². The van der Waals surface area contributed by atoms with Crippen LogP contribution in [0, 0.1) is 0 Å². The second-order valence-corrected chi connectivity index (χ2v) is 2.11. The van der Waals surface area contributed by atoms with Gasteiger partial charge in [-0.25, -0.2) is 4.79 Å². The van der Waals surface area contributed by atoms with Crippen molar-refractivity contribution in [2.45, 2.75) is 12.5 Å². The molecule has 0 aromatic carbocycles. The normalized spacial score (nSPS) is 21.5. The maximum absolute atomic E-state index is 10.6. The van der Waals surface area contributed by atoms with Crippen LogP contribution in [0.3, 0.4) is 0 Å². The fourth-order valence-corrected chi connectivity index (χ4v) is 0.771. The lowest BCUT2D eigenvalue weighted by Crippen LogP contribution is -2.14. The highest BCUT2D eigenvalue weighted by Crippen LogP contribution is 2.08. The Morgan fingerprint density at radius 2 is 2.55 bits per heavy atom. The maximum atomic E-state index is 10.6. The van der Waals surface area contributed by atoms with Crippen molar-refractivity contribution < 1.29 is 19.1 Å². The summed E-state index contributed by atoms with van der Waals surface area (Å²) in [6.07, 6.45) is 2.50. The number of carbonyl (C=O) groups excluding carboxylic acids is 2. The van der Waals surface area contributed by atoms with Gasteiger partial charge in [0.2, 0.25) is 0 Å². The second-order valence-electron chi connectivity index (χ2n) is 2.11. The third-order valence-corrected chi connectivity index (χ3v) is 1.31. The molecule has 0 N–H and O–H groups in total. The molecular formula is C7H8O4. The maximum Gasteiger partial charge on any atom is 0.331 e. The van der Waals surface area contributed by atoms with Gasteiger partial charge < -0.3 is 9.47 Å². The summed E-state index contributed by atoms with van der Waals surface area (Å²) in [7, 11) is 1.29. The van der Waals surface area contributed by atoms with Crippen LogP contribution in [0.25, 0.3) is 0 Å². The third-order valence-electron chi connectivity index (χ3n) is 1.31. The van der Waals surface area contributed by atoms with Crippen molar-refractivity contribution in [3.05, 3.63) is 12.2 Å². The summed E-state index contributed by atoms with van der Waals surface area (Å²) >= 11 is 0. The van der Waals surface area contributed by atoms with Crippen LogP contribution in [0.2, 0.25) is 0 Å². The molecule has 0 aromatic heterocycles. The smallest absolute Gasteiger partial charge is 0.331 e. The number of cyclic esters (lactones) is 1. The van der Waals surface area contributed by atoms with E-state index in [1.807, 2.05) is 0 Å². The number of carbonyl (C=O) groups is 2. The van der Waals surface area contributed by atoms with Crippen molar-refractivity contribution >= 4 is 11.9 Å². The molecule has 0 spiro atoms. The van der Waals surface area contributed by atoms with E-state index in [4.69, 9.17) is 0 Å². The van der Waals surface area contributed by atoms with Gasteiger partial charge in [-0.05, 0) is 6.08 Å². The van der Waals surface area contributed by atoms with E-state index in [9.17, 15) is 9.59 Å². The molecule has 0 unspecified atom stereocenters. The molecule has 0 aromatic rings. The lowest BCUT2D eigenvalue weighted by atomic mass is 10.2. The summed E-state index contributed by atoms with van der Waals surface area (Å²) in [5, 5.41) is 0. The highest BCUT2D eigenvalue weighted by atomic mass is 16.6. The Kier molecular flexibility index (Phi) is 2.25. The molecule has 0 saturated heterocycles. The largest absolute Gasteiger partial charge is 0.469 e. The molecule has 1 rings (SSSR count). The van der Waals surface area contributed by atoms with E-state index in [0.29, 0.717) is 0 Å². The quantitative estimate of drug-likeness (QED) is 0.529. The Morgan fingerprint density at radius 3 is 3.00 bits per heavy atom. The van der Waals surface area contributed by atoms with Crippen LogP contribution in [-0.4, -0.2) is 25.2 Å². The zero-order valence-electron chi connectivity index (χ0n) is 6.07. The lowest BCUT2D eigenvalue weighted by molar-refractivity contribution is -0.146. The van der Waals surface area contributed by atoms with E-state index < -0.39 is 12.1 Å². The number of methoxy groups -OCH3 is 1. The van der Waals surface area contributed by atoms with Gasteiger partial charge in [0.15, 0.2) is 0 Å². The zero-order chi connectivity index (χ0) is 8.27. The van der Waals surface area contributed by atoms with Crippen molar-refractivity contribution in [2.75, 3.05) is 7.11 Å². The monoisotopic (exact) mass is 156 g/mol. The third kappa shape index (κ3) is 2.07. The molecule has 0 saturated carbocycles. The first-order chi connectivity index (χ1) is 5.22. The van der Waals surface area contributed by atoms with Crippen molar-refractivity contribution in [1.29, 1.82) is 0 Å². The van der Waals surface area contributed by atoms with E-state index >= 15 is 0 Å². The van der Waals surface area contributed by atoms with Gasteiger partial charge in [-0.15, -0.1) is 0 Å². The van der Waals surface area contributed by atoms with Crippen molar-refractivity contribution in [2.24, 2.45) is 0 Å². The van der Waals surface area contributed by atoms with Crippen LogP contribution in [0.4, 0.5) is 0 Å². The van der Waals surface area contributed by atoms with E-state index in [-0.39, 0.29) is 12.4 Å². The fourth-order valence-electron chi connectivity index (χ4n) is 0.771. The summed E-state index contributed by atoms with van der Waals surface area (Å²) in [5.41, 5.74) is 0. The first-order valence-corrected chi connectivity index (χ1v) is 3.18. The van der Waals surface area contributed by atoms with E-state index in [1.165, 1.54) is 13.2 Å². The Balaban J connectivity index is 2.35. The van der Waals surface area contributed by atoms with E-state index in [1.54, 1.807) is 6.08 Å². The highest BCUT2D eigenvalue weighted by Gasteiger charge is 2.19. The molecule has 4 heteroatoms. The summed E-state index contributed by atoms with van der Waals surface area (Å²) in [4.78, 5) is 21.1. The van der Waals surface area contributed by atoms with Crippen LogP contribution in [-0.2, 0) is 19.1 Å². The van der Waals surface area contributed by atoms with Gasteiger partial charge in [-0.3, -0.25) is 4.79 Å². The first-order valence-electron chi connectivity index (χ1n) is 3.18. The SMILES string of the molecule is COC(=O)C[C@@H]1C=CC(=O)O1. The Bertz CT molecular complexity index is 206. The molecule has 1 aliphatic heterocycles. The minimum Gasteiger partial charge on any atom is -0.469 e. The van der Waals surface area contributed by atoms with Crippen molar-refractivity contribution in [3.8, 4) is 0 Å². The molecule has 1 heterocycles. The van der Waals surface area contributed by atoms with Gasteiger partial charge in [-0.1, -0.05) is 0 Å². The molecule has 0 aliphatic carbocycles. The molecule has 1 atom stereocenters. The fraction of sp³-hybridized carbons (Fsp3) is 0.429. The predicted octanol–water partition coefficient (Wildman–Crippen LogP) is 0.0311. The number of ether oxygens (including phenoxy) is 2. The molecule has 0 bridgehead atoms. The molecule has 0 radical (unpaired) electrons.